The molecule has 0 atom stereocenters. The number of carbonyl (C=O) groups excluding carboxylic acids is 2. The molecular weight excluding hydrogens is 378 g/mol. The third kappa shape index (κ3) is 5.83. The van der Waals surface area contributed by atoms with E-state index in [2.05, 4.69) is 20.9 Å². The third-order valence-electron chi connectivity index (χ3n) is 4.04. The van der Waals surface area contributed by atoms with Gasteiger partial charge in [0.05, 0.1) is 0 Å². The quantitative estimate of drug-likeness (QED) is 0.595. The number of urea groups is 1. The summed E-state index contributed by atoms with van der Waals surface area (Å²) in [5.74, 6) is -2.27. The summed E-state index contributed by atoms with van der Waals surface area (Å²) in [5, 5.41) is 8.02. The first-order valence-corrected chi connectivity index (χ1v) is 8.77. The Balaban J connectivity index is 1.49. The molecule has 0 fully saturated rings. The van der Waals surface area contributed by atoms with E-state index >= 15 is 0 Å². The highest BCUT2D eigenvalue weighted by molar-refractivity contribution is 5.95. The average molecular weight is 396 g/mol. The summed E-state index contributed by atoms with van der Waals surface area (Å²) in [5.41, 5.74) is 2.26. The van der Waals surface area contributed by atoms with Gasteiger partial charge in [0.1, 0.15) is 0 Å². The highest BCUT2D eigenvalue weighted by Gasteiger charge is 2.08. The number of nitrogens with zero attached hydrogens (tertiary/aromatic N) is 1. The number of amides is 3. The van der Waals surface area contributed by atoms with Crippen LogP contribution >= 0.6 is 0 Å². The van der Waals surface area contributed by atoms with Gasteiger partial charge in [-0.15, -0.1) is 0 Å². The maximum atomic E-state index is 13.2. The van der Waals surface area contributed by atoms with Crippen molar-refractivity contribution in [2.75, 3.05) is 5.32 Å². The van der Waals surface area contributed by atoms with Crippen molar-refractivity contribution >= 4 is 17.6 Å². The van der Waals surface area contributed by atoms with Gasteiger partial charge in [-0.05, 0) is 59.7 Å². The van der Waals surface area contributed by atoms with E-state index < -0.39 is 11.6 Å². The first-order chi connectivity index (χ1) is 14.0. The summed E-state index contributed by atoms with van der Waals surface area (Å²) >= 11 is 0. The first kappa shape index (κ1) is 19.9. The number of hydrogen-bond acceptors (Lipinski definition) is 3. The molecule has 0 unspecified atom stereocenters. The van der Waals surface area contributed by atoms with Crippen molar-refractivity contribution < 1.29 is 18.4 Å². The van der Waals surface area contributed by atoms with Crippen LogP contribution in [0.4, 0.5) is 19.3 Å². The van der Waals surface area contributed by atoms with Crippen LogP contribution < -0.4 is 16.0 Å². The Kier molecular flexibility index (Phi) is 6.47. The van der Waals surface area contributed by atoms with Gasteiger partial charge < -0.3 is 16.0 Å². The fourth-order valence-corrected chi connectivity index (χ4v) is 2.50. The highest BCUT2D eigenvalue weighted by Crippen LogP contribution is 2.11. The molecule has 3 aromatic rings. The second kappa shape index (κ2) is 9.41. The zero-order valence-electron chi connectivity index (χ0n) is 15.3. The summed E-state index contributed by atoms with van der Waals surface area (Å²) in [7, 11) is 0. The zero-order valence-corrected chi connectivity index (χ0v) is 15.3. The lowest BCUT2D eigenvalue weighted by Crippen LogP contribution is -2.28. The van der Waals surface area contributed by atoms with Gasteiger partial charge in [0.2, 0.25) is 0 Å². The molecular formula is C21H18F2N4O2. The number of rotatable bonds is 6. The Hall–Kier alpha value is -3.81. The molecule has 0 aliphatic heterocycles. The monoisotopic (exact) mass is 396 g/mol. The zero-order chi connectivity index (χ0) is 20.6. The van der Waals surface area contributed by atoms with E-state index in [0.717, 1.165) is 17.7 Å². The lowest BCUT2D eigenvalue weighted by atomic mass is 10.1. The number of halogens is 2. The van der Waals surface area contributed by atoms with Crippen LogP contribution in [-0.2, 0) is 13.1 Å². The van der Waals surface area contributed by atoms with Crippen molar-refractivity contribution in [1.82, 2.24) is 15.6 Å². The fourth-order valence-electron chi connectivity index (χ4n) is 2.50. The first-order valence-electron chi connectivity index (χ1n) is 8.77. The molecule has 29 heavy (non-hydrogen) atoms. The molecule has 3 rings (SSSR count). The van der Waals surface area contributed by atoms with Crippen LogP contribution in [0.5, 0.6) is 0 Å². The van der Waals surface area contributed by atoms with Crippen molar-refractivity contribution in [2.24, 2.45) is 0 Å². The maximum absolute atomic E-state index is 13.2. The number of nitrogens with one attached hydrogen (secondary N) is 3. The highest BCUT2D eigenvalue weighted by atomic mass is 19.2. The van der Waals surface area contributed by atoms with Gasteiger partial charge in [0, 0.05) is 36.7 Å². The predicted octanol–water partition coefficient (Wildman–Crippen LogP) is 3.61. The minimum Gasteiger partial charge on any atom is -0.348 e. The molecule has 148 valence electrons. The number of benzene rings is 2. The summed E-state index contributed by atoms with van der Waals surface area (Å²) in [6, 6.07) is 13.0. The van der Waals surface area contributed by atoms with Gasteiger partial charge in [0.15, 0.2) is 11.6 Å². The number of pyridine rings is 1. The number of aromatic nitrogens is 1. The number of anilines is 1. The minimum absolute atomic E-state index is 0.0629. The van der Waals surface area contributed by atoms with E-state index in [1.165, 1.54) is 6.07 Å². The van der Waals surface area contributed by atoms with E-state index in [4.69, 9.17) is 0 Å². The van der Waals surface area contributed by atoms with Crippen LogP contribution in [0, 0.1) is 11.6 Å². The molecule has 0 aliphatic carbocycles. The second-order valence-corrected chi connectivity index (χ2v) is 6.17. The van der Waals surface area contributed by atoms with E-state index in [-0.39, 0.29) is 18.5 Å². The van der Waals surface area contributed by atoms with Crippen LogP contribution in [0.1, 0.15) is 21.5 Å². The fraction of sp³-hybridized carbons (Fsp3) is 0.0952. The molecule has 3 amide bonds. The Morgan fingerprint density at radius 3 is 2.17 bits per heavy atom. The van der Waals surface area contributed by atoms with Gasteiger partial charge in [-0.3, -0.25) is 9.78 Å². The van der Waals surface area contributed by atoms with Gasteiger partial charge in [-0.25, -0.2) is 13.6 Å². The molecule has 2 aromatic carbocycles. The molecule has 0 spiro atoms. The largest absolute Gasteiger partial charge is 0.348 e. The van der Waals surface area contributed by atoms with E-state index in [0.29, 0.717) is 23.4 Å². The summed E-state index contributed by atoms with van der Waals surface area (Å²) in [6.45, 7) is 0.423. The molecule has 8 heteroatoms. The molecule has 0 aliphatic rings. The molecule has 1 heterocycles. The molecule has 3 N–H and O–H groups in total. The van der Waals surface area contributed by atoms with Crippen LogP contribution in [0.15, 0.2) is 67.0 Å². The Labute approximate surface area is 166 Å². The van der Waals surface area contributed by atoms with Crippen molar-refractivity contribution in [2.45, 2.75) is 13.1 Å². The van der Waals surface area contributed by atoms with Crippen molar-refractivity contribution in [1.29, 1.82) is 0 Å². The van der Waals surface area contributed by atoms with E-state index in [9.17, 15) is 18.4 Å². The lowest BCUT2D eigenvalue weighted by molar-refractivity contribution is 0.0951. The van der Waals surface area contributed by atoms with Gasteiger partial charge >= 0.3 is 6.03 Å². The minimum atomic E-state index is -0.964. The number of carbonyl (C=O) groups is 2. The summed E-state index contributed by atoms with van der Waals surface area (Å²) in [6.07, 6.45) is 3.29. The Morgan fingerprint density at radius 1 is 0.793 bits per heavy atom. The second-order valence-electron chi connectivity index (χ2n) is 6.17. The SMILES string of the molecule is O=C(NCc1ccncc1)Nc1ccc(C(=O)NCc2ccc(F)c(F)c2)cc1. The topological polar surface area (TPSA) is 83.1 Å². The Morgan fingerprint density at radius 2 is 1.48 bits per heavy atom. The molecule has 1 aromatic heterocycles. The number of hydrogen-bond donors (Lipinski definition) is 3. The van der Waals surface area contributed by atoms with Crippen LogP contribution in [0.2, 0.25) is 0 Å². The molecule has 0 radical (unpaired) electrons. The normalized spacial score (nSPS) is 10.3. The summed E-state index contributed by atoms with van der Waals surface area (Å²) < 4.78 is 26.1. The van der Waals surface area contributed by atoms with Crippen molar-refractivity contribution in [3.63, 3.8) is 0 Å². The van der Waals surface area contributed by atoms with Crippen LogP contribution in [-0.4, -0.2) is 16.9 Å². The van der Waals surface area contributed by atoms with E-state index in [1.807, 2.05) is 0 Å². The Bertz CT molecular complexity index is 995. The molecule has 0 saturated heterocycles. The van der Waals surface area contributed by atoms with Crippen LogP contribution in [0.3, 0.4) is 0 Å². The smallest absolute Gasteiger partial charge is 0.319 e. The van der Waals surface area contributed by atoms with Crippen LogP contribution in [0.25, 0.3) is 0 Å². The van der Waals surface area contributed by atoms with Crippen molar-refractivity contribution in [3.8, 4) is 0 Å². The third-order valence-corrected chi connectivity index (χ3v) is 4.04. The maximum Gasteiger partial charge on any atom is 0.319 e. The molecule has 6 nitrogen and oxygen atoms in total. The molecule has 0 bridgehead atoms. The van der Waals surface area contributed by atoms with Gasteiger partial charge in [-0.2, -0.15) is 0 Å². The molecule has 0 saturated carbocycles. The standard InChI is InChI=1S/C21H18F2N4O2/c22-18-6-1-15(11-19(18)23)13-25-20(28)16-2-4-17(5-3-16)27-21(29)26-12-14-7-9-24-10-8-14/h1-11H,12-13H2,(H,25,28)(H2,26,27,29). The lowest BCUT2D eigenvalue weighted by Gasteiger charge is -2.09. The van der Waals surface area contributed by atoms with Gasteiger partial charge in [-0.1, -0.05) is 6.07 Å². The summed E-state index contributed by atoms with van der Waals surface area (Å²) in [4.78, 5) is 28.0. The van der Waals surface area contributed by atoms with Gasteiger partial charge in [0.25, 0.3) is 5.91 Å². The van der Waals surface area contributed by atoms with Crippen molar-refractivity contribution in [3.05, 3.63) is 95.3 Å². The van der Waals surface area contributed by atoms with E-state index in [1.54, 1.807) is 48.8 Å². The predicted molar refractivity (Wildman–Crippen MR) is 104 cm³/mol. The average Bonchev–Trinajstić information content (AvgIpc) is 2.74.